The number of benzene rings is 1. The van der Waals surface area contributed by atoms with Crippen LogP contribution in [0.25, 0.3) is 0 Å². The van der Waals surface area contributed by atoms with Crippen LogP contribution in [0.15, 0.2) is 29.0 Å². The molecule has 0 bridgehead atoms. The van der Waals surface area contributed by atoms with E-state index in [-0.39, 0.29) is 18.0 Å². The number of carbonyl (C=O) groups excluding carboxylic acids is 1. The van der Waals surface area contributed by atoms with E-state index in [0.29, 0.717) is 0 Å². The van der Waals surface area contributed by atoms with Gasteiger partial charge in [-0.3, -0.25) is 4.79 Å². The van der Waals surface area contributed by atoms with Gasteiger partial charge in [-0.2, -0.15) is 11.3 Å². The normalized spacial score (nSPS) is 10.5. The summed E-state index contributed by atoms with van der Waals surface area (Å²) in [4.78, 5) is 12.0. The maximum atomic E-state index is 13.1. The van der Waals surface area contributed by atoms with Gasteiger partial charge in [0.15, 0.2) is 5.78 Å². The molecule has 88 valence electrons. The predicted molar refractivity (Wildman–Crippen MR) is 68.2 cm³/mol. The molecule has 0 atom stereocenters. The van der Waals surface area contributed by atoms with E-state index >= 15 is 0 Å². The van der Waals surface area contributed by atoms with Crippen LogP contribution in [0.3, 0.4) is 0 Å². The van der Waals surface area contributed by atoms with Crippen LogP contribution in [0.5, 0.6) is 0 Å². The Morgan fingerprint density at radius 2 is 2.00 bits per heavy atom. The highest BCUT2D eigenvalue weighted by Crippen LogP contribution is 2.18. The monoisotopic (exact) mass is 248 g/mol. The first kappa shape index (κ1) is 12.0. The Kier molecular flexibility index (Phi) is 3.38. The lowest BCUT2D eigenvalue weighted by atomic mass is 9.99. The van der Waals surface area contributed by atoms with E-state index in [0.717, 1.165) is 22.3 Å². The second-order valence-electron chi connectivity index (χ2n) is 4.14. The summed E-state index contributed by atoms with van der Waals surface area (Å²) < 4.78 is 13.1. The van der Waals surface area contributed by atoms with Gasteiger partial charge >= 0.3 is 0 Å². The molecule has 2 rings (SSSR count). The number of halogens is 1. The fraction of sp³-hybridized carbons (Fsp3) is 0.214. The zero-order chi connectivity index (χ0) is 12.4. The Morgan fingerprint density at radius 1 is 1.24 bits per heavy atom. The Balaban J connectivity index is 2.24. The molecule has 0 radical (unpaired) electrons. The largest absolute Gasteiger partial charge is 0.294 e. The van der Waals surface area contributed by atoms with Gasteiger partial charge in [-0.25, -0.2) is 4.39 Å². The molecule has 0 aliphatic heterocycles. The number of thiophene rings is 1. The molecular formula is C14H13FOS. The fourth-order valence-electron chi connectivity index (χ4n) is 1.74. The van der Waals surface area contributed by atoms with E-state index in [1.165, 1.54) is 23.5 Å². The van der Waals surface area contributed by atoms with Crippen molar-refractivity contribution >= 4 is 17.1 Å². The van der Waals surface area contributed by atoms with Crippen molar-refractivity contribution in [1.82, 2.24) is 0 Å². The summed E-state index contributed by atoms with van der Waals surface area (Å²) in [6.45, 7) is 3.81. The first-order chi connectivity index (χ1) is 8.08. The highest BCUT2D eigenvalue weighted by Gasteiger charge is 2.12. The van der Waals surface area contributed by atoms with Gasteiger partial charge in [-0.05, 0) is 48.1 Å². The number of carbonyl (C=O) groups is 1. The van der Waals surface area contributed by atoms with Gasteiger partial charge in [-0.15, -0.1) is 0 Å². The summed E-state index contributed by atoms with van der Waals surface area (Å²) >= 11 is 1.52. The summed E-state index contributed by atoms with van der Waals surface area (Å²) in [5, 5.41) is 3.80. The summed E-state index contributed by atoms with van der Waals surface area (Å²) in [5.74, 6) is -0.238. The zero-order valence-corrected chi connectivity index (χ0v) is 10.6. The van der Waals surface area contributed by atoms with E-state index in [2.05, 4.69) is 0 Å². The molecule has 1 nitrogen and oxygen atoms in total. The number of hydrogen-bond donors (Lipinski definition) is 0. The molecule has 0 saturated carbocycles. The molecule has 0 unspecified atom stereocenters. The molecule has 0 fully saturated rings. The molecule has 2 aromatic rings. The minimum atomic E-state index is -0.291. The van der Waals surface area contributed by atoms with Crippen LogP contribution < -0.4 is 0 Å². The molecule has 1 aromatic heterocycles. The Bertz CT molecular complexity index is 557. The van der Waals surface area contributed by atoms with Gasteiger partial charge in [0.2, 0.25) is 0 Å². The van der Waals surface area contributed by atoms with Crippen molar-refractivity contribution < 1.29 is 9.18 Å². The lowest BCUT2D eigenvalue weighted by Gasteiger charge is -2.05. The van der Waals surface area contributed by atoms with E-state index in [9.17, 15) is 9.18 Å². The van der Waals surface area contributed by atoms with Crippen molar-refractivity contribution in [3.05, 3.63) is 57.0 Å². The molecular weight excluding hydrogens is 235 g/mol. The van der Waals surface area contributed by atoms with Crippen molar-refractivity contribution in [3.8, 4) is 0 Å². The predicted octanol–water partition coefficient (Wildman–Crippen LogP) is 3.93. The first-order valence-corrected chi connectivity index (χ1v) is 6.33. The van der Waals surface area contributed by atoms with E-state index in [1.807, 2.05) is 24.6 Å². The Morgan fingerprint density at radius 3 is 2.65 bits per heavy atom. The van der Waals surface area contributed by atoms with Gasteiger partial charge in [0.05, 0.1) is 0 Å². The topological polar surface area (TPSA) is 17.1 Å². The molecule has 0 aliphatic rings. The summed E-state index contributed by atoms with van der Waals surface area (Å²) in [6.07, 6.45) is 0.265. The van der Waals surface area contributed by atoms with Gasteiger partial charge in [0, 0.05) is 17.4 Å². The Hall–Kier alpha value is -1.48. The van der Waals surface area contributed by atoms with Gasteiger partial charge in [-0.1, -0.05) is 6.07 Å². The van der Waals surface area contributed by atoms with Crippen LogP contribution in [0.1, 0.15) is 27.0 Å². The third-order valence-electron chi connectivity index (χ3n) is 2.82. The van der Waals surface area contributed by atoms with Crippen LogP contribution in [0.4, 0.5) is 4.39 Å². The minimum Gasteiger partial charge on any atom is -0.294 e. The number of aryl methyl sites for hydroxylation is 2. The second-order valence-corrected chi connectivity index (χ2v) is 4.88. The summed E-state index contributed by atoms with van der Waals surface area (Å²) in [5.41, 5.74) is 3.46. The maximum Gasteiger partial charge on any atom is 0.168 e. The number of rotatable bonds is 3. The van der Waals surface area contributed by atoms with Crippen LogP contribution in [0, 0.1) is 19.7 Å². The number of hydrogen-bond acceptors (Lipinski definition) is 2. The molecule has 3 heteroatoms. The zero-order valence-electron chi connectivity index (χ0n) is 9.79. The molecule has 0 amide bonds. The molecule has 0 N–H and O–H groups in total. The van der Waals surface area contributed by atoms with Crippen molar-refractivity contribution in [2.75, 3.05) is 0 Å². The lowest BCUT2D eigenvalue weighted by molar-refractivity contribution is 0.0992. The van der Waals surface area contributed by atoms with Crippen molar-refractivity contribution in [3.63, 3.8) is 0 Å². The van der Waals surface area contributed by atoms with Gasteiger partial charge in [0.1, 0.15) is 5.82 Å². The van der Waals surface area contributed by atoms with E-state index < -0.39 is 0 Å². The Labute approximate surface area is 104 Å². The average Bonchev–Trinajstić information content (AvgIpc) is 2.70. The maximum absolute atomic E-state index is 13.1. The first-order valence-electron chi connectivity index (χ1n) is 5.39. The highest BCUT2D eigenvalue weighted by molar-refractivity contribution is 7.08. The molecule has 0 aliphatic carbocycles. The smallest absolute Gasteiger partial charge is 0.168 e. The fourth-order valence-corrected chi connectivity index (χ4v) is 2.60. The third kappa shape index (κ3) is 2.61. The van der Waals surface area contributed by atoms with E-state index in [1.54, 1.807) is 6.07 Å². The average molecular weight is 248 g/mol. The molecule has 1 aromatic carbocycles. The standard InChI is InChI=1S/C14H13FOS/c1-9-3-4-12(15)5-11(9)6-14(16)13-8-17-7-10(13)2/h3-5,7-8H,6H2,1-2H3. The molecule has 0 saturated heterocycles. The van der Waals surface area contributed by atoms with Gasteiger partial charge in [0.25, 0.3) is 0 Å². The second kappa shape index (κ2) is 4.80. The van der Waals surface area contributed by atoms with Crippen LogP contribution >= 0.6 is 11.3 Å². The number of ketones is 1. The van der Waals surface area contributed by atoms with Crippen molar-refractivity contribution in [1.29, 1.82) is 0 Å². The third-order valence-corrected chi connectivity index (χ3v) is 3.68. The number of Topliss-reactive ketones (excluding diaryl/α,β-unsaturated/α-hetero) is 1. The molecule has 0 spiro atoms. The molecule has 1 heterocycles. The van der Waals surface area contributed by atoms with Crippen LogP contribution in [-0.2, 0) is 6.42 Å². The summed E-state index contributed by atoms with van der Waals surface area (Å²) in [6, 6.07) is 4.56. The van der Waals surface area contributed by atoms with Crippen LogP contribution in [0.2, 0.25) is 0 Å². The highest BCUT2D eigenvalue weighted by atomic mass is 32.1. The SMILES string of the molecule is Cc1ccc(F)cc1CC(=O)c1cscc1C. The summed E-state index contributed by atoms with van der Waals surface area (Å²) in [7, 11) is 0. The van der Waals surface area contributed by atoms with Crippen molar-refractivity contribution in [2.45, 2.75) is 20.3 Å². The van der Waals surface area contributed by atoms with E-state index in [4.69, 9.17) is 0 Å². The van der Waals surface area contributed by atoms with Gasteiger partial charge < -0.3 is 0 Å². The van der Waals surface area contributed by atoms with Crippen LogP contribution in [-0.4, -0.2) is 5.78 Å². The lowest BCUT2D eigenvalue weighted by Crippen LogP contribution is -2.05. The molecule has 17 heavy (non-hydrogen) atoms. The van der Waals surface area contributed by atoms with Crippen molar-refractivity contribution in [2.24, 2.45) is 0 Å². The minimum absolute atomic E-state index is 0.0532. The quantitative estimate of drug-likeness (QED) is 0.752.